The predicted octanol–water partition coefficient (Wildman–Crippen LogP) is 3.15. The second-order valence-electron chi connectivity index (χ2n) is 11.8. The van der Waals surface area contributed by atoms with E-state index in [1.807, 2.05) is 13.8 Å². The molecule has 1 saturated carbocycles. The molecule has 2 fully saturated rings. The second-order valence-corrected chi connectivity index (χ2v) is 11.8. The summed E-state index contributed by atoms with van der Waals surface area (Å²) in [5.74, 6) is -5.01. The maximum Gasteiger partial charge on any atom is 0.309 e. The Labute approximate surface area is 242 Å². The molecule has 228 valence electrons. The quantitative estimate of drug-likeness (QED) is 0.265. The van der Waals surface area contributed by atoms with Crippen LogP contribution < -0.4 is 16.0 Å². The van der Waals surface area contributed by atoms with Crippen LogP contribution in [0.15, 0.2) is 18.2 Å². The number of esters is 1. The Morgan fingerprint density at radius 2 is 1.74 bits per heavy atom. The van der Waals surface area contributed by atoms with Crippen molar-refractivity contribution in [3.8, 4) is 0 Å². The standard InChI is InChI=1S/C30H38F2N4O6/c1-15(2)16(3)30(41)42-14-25(37)22(11-18-5-4-8-33-27(18)38)35-28(39)23(9-17-6-7-17)36-29(40)24-12-19-10-20(31)13-21(32)26(19)34-24/h10,12-13,15-18,22-23,34H,4-9,11,14H2,1-3H3,(H,33,38)(H,35,39)(H,36,40)/t16-,18-,22-,23-/m0/s1. The summed E-state index contributed by atoms with van der Waals surface area (Å²) >= 11 is 0. The number of piperidine rings is 1. The van der Waals surface area contributed by atoms with E-state index in [9.17, 15) is 32.8 Å². The Morgan fingerprint density at radius 3 is 2.40 bits per heavy atom. The molecule has 0 unspecified atom stereocenters. The predicted molar refractivity (Wildman–Crippen MR) is 149 cm³/mol. The summed E-state index contributed by atoms with van der Waals surface area (Å²) < 4.78 is 33.0. The van der Waals surface area contributed by atoms with Crippen molar-refractivity contribution in [3.05, 3.63) is 35.5 Å². The van der Waals surface area contributed by atoms with E-state index in [0.717, 1.165) is 25.3 Å². The molecule has 4 rings (SSSR count). The van der Waals surface area contributed by atoms with Gasteiger partial charge in [0, 0.05) is 23.9 Å². The lowest BCUT2D eigenvalue weighted by Crippen LogP contribution is -2.53. The summed E-state index contributed by atoms with van der Waals surface area (Å²) in [6.07, 6.45) is 3.35. The van der Waals surface area contributed by atoms with Crippen LogP contribution in [0.4, 0.5) is 8.78 Å². The highest BCUT2D eigenvalue weighted by Crippen LogP contribution is 2.34. The lowest BCUT2D eigenvalue weighted by atomic mass is 9.90. The summed E-state index contributed by atoms with van der Waals surface area (Å²) in [6, 6.07) is 0.929. The van der Waals surface area contributed by atoms with Crippen molar-refractivity contribution in [2.45, 2.75) is 71.4 Å². The maximum atomic E-state index is 14.2. The van der Waals surface area contributed by atoms with Crippen LogP contribution in [0.3, 0.4) is 0 Å². The van der Waals surface area contributed by atoms with E-state index in [-0.39, 0.29) is 40.8 Å². The van der Waals surface area contributed by atoms with Crippen LogP contribution in [-0.2, 0) is 23.9 Å². The summed E-state index contributed by atoms with van der Waals surface area (Å²) in [7, 11) is 0. The minimum atomic E-state index is -1.13. The number of ether oxygens (including phenoxy) is 1. The van der Waals surface area contributed by atoms with Gasteiger partial charge in [-0.1, -0.05) is 33.6 Å². The van der Waals surface area contributed by atoms with Gasteiger partial charge in [-0.15, -0.1) is 0 Å². The molecule has 3 amide bonds. The van der Waals surface area contributed by atoms with Gasteiger partial charge in [-0.05, 0) is 49.7 Å². The zero-order valence-electron chi connectivity index (χ0n) is 24.1. The summed E-state index contributed by atoms with van der Waals surface area (Å²) in [6.45, 7) is 5.39. The first-order chi connectivity index (χ1) is 19.9. The number of rotatable bonds is 13. The van der Waals surface area contributed by atoms with Gasteiger partial charge in [0.2, 0.25) is 11.8 Å². The van der Waals surface area contributed by atoms with E-state index in [2.05, 4.69) is 20.9 Å². The minimum Gasteiger partial charge on any atom is -0.457 e. The van der Waals surface area contributed by atoms with Gasteiger partial charge in [-0.3, -0.25) is 24.0 Å². The van der Waals surface area contributed by atoms with E-state index < -0.39 is 65.7 Å². The molecule has 4 N–H and O–H groups in total. The molecular formula is C30H38F2N4O6. The van der Waals surface area contributed by atoms with E-state index in [4.69, 9.17) is 4.74 Å². The lowest BCUT2D eigenvalue weighted by molar-refractivity contribution is -0.153. The fraction of sp³-hybridized carbons (Fsp3) is 0.567. The summed E-state index contributed by atoms with van der Waals surface area (Å²) in [5, 5.41) is 8.29. The number of hydrogen-bond donors (Lipinski definition) is 4. The number of ketones is 1. The fourth-order valence-electron chi connectivity index (χ4n) is 4.98. The number of Topliss-reactive ketones (excluding diaryl/α,β-unsaturated/α-hetero) is 1. The number of benzene rings is 1. The third-order valence-electron chi connectivity index (χ3n) is 8.13. The monoisotopic (exact) mass is 588 g/mol. The molecular weight excluding hydrogens is 550 g/mol. The average Bonchev–Trinajstić information content (AvgIpc) is 3.66. The normalized spacial score (nSPS) is 19.1. The van der Waals surface area contributed by atoms with Crippen LogP contribution in [0.5, 0.6) is 0 Å². The molecule has 1 aromatic carbocycles. The third-order valence-corrected chi connectivity index (χ3v) is 8.13. The maximum absolute atomic E-state index is 14.2. The van der Waals surface area contributed by atoms with Crippen molar-refractivity contribution in [1.29, 1.82) is 0 Å². The van der Waals surface area contributed by atoms with Crippen LogP contribution in [0.25, 0.3) is 10.9 Å². The topological polar surface area (TPSA) is 146 Å². The minimum absolute atomic E-state index is 0.00797. The lowest BCUT2D eigenvalue weighted by Gasteiger charge is -2.28. The first-order valence-electron chi connectivity index (χ1n) is 14.5. The molecule has 4 atom stereocenters. The van der Waals surface area contributed by atoms with Gasteiger partial charge < -0.3 is 25.7 Å². The highest BCUT2D eigenvalue weighted by Gasteiger charge is 2.35. The number of hydrogen-bond acceptors (Lipinski definition) is 6. The van der Waals surface area contributed by atoms with E-state index in [0.29, 0.717) is 25.5 Å². The second kappa shape index (κ2) is 13.4. The zero-order valence-corrected chi connectivity index (χ0v) is 24.1. The molecule has 2 aromatic rings. The van der Waals surface area contributed by atoms with Crippen LogP contribution in [-0.4, -0.2) is 59.7 Å². The number of aromatic amines is 1. The number of fused-ring (bicyclic) bond motifs is 1. The SMILES string of the molecule is CC(C)[C@H](C)C(=O)OCC(=O)[C@H](C[C@@H]1CCCNC1=O)NC(=O)[C@H](CC1CC1)NC(=O)c1cc2cc(F)cc(F)c2[nH]1. The molecule has 2 heterocycles. The van der Waals surface area contributed by atoms with Crippen molar-refractivity contribution in [2.75, 3.05) is 13.2 Å². The number of aromatic nitrogens is 1. The molecule has 1 saturated heterocycles. The van der Waals surface area contributed by atoms with E-state index >= 15 is 0 Å². The number of halogens is 2. The number of nitrogens with one attached hydrogen (secondary N) is 4. The molecule has 0 spiro atoms. The molecule has 1 aliphatic carbocycles. The number of carbonyl (C=O) groups excluding carboxylic acids is 5. The van der Waals surface area contributed by atoms with Crippen LogP contribution >= 0.6 is 0 Å². The number of carbonyl (C=O) groups is 5. The fourth-order valence-corrected chi connectivity index (χ4v) is 4.98. The Morgan fingerprint density at radius 1 is 1.00 bits per heavy atom. The van der Waals surface area contributed by atoms with E-state index in [1.54, 1.807) is 6.92 Å². The molecule has 0 radical (unpaired) electrons. The number of H-pyrrole nitrogens is 1. The van der Waals surface area contributed by atoms with Gasteiger partial charge in [0.25, 0.3) is 5.91 Å². The summed E-state index contributed by atoms with van der Waals surface area (Å²) in [5.41, 5.74) is -0.0942. The Hall–Kier alpha value is -3.83. The van der Waals surface area contributed by atoms with Gasteiger partial charge in [0.05, 0.1) is 17.5 Å². The van der Waals surface area contributed by atoms with Crippen molar-refractivity contribution in [1.82, 2.24) is 20.9 Å². The molecule has 1 aliphatic heterocycles. The van der Waals surface area contributed by atoms with Crippen LogP contribution in [0, 0.1) is 35.3 Å². The van der Waals surface area contributed by atoms with Crippen LogP contribution in [0.2, 0.25) is 0 Å². The first kappa shape index (κ1) is 31.1. The Balaban J connectivity index is 1.48. The van der Waals surface area contributed by atoms with Crippen molar-refractivity contribution in [2.24, 2.45) is 23.7 Å². The van der Waals surface area contributed by atoms with Crippen molar-refractivity contribution >= 4 is 40.4 Å². The van der Waals surface area contributed by atoms with Gasteiger partial charge in [-0.25, -0.2) is 8.78 Å². The largest absolute Gasteiger partial charge is 0.457 e. The first-order valence-corrected chi connectivity index (χ1v) is 14.5. The molecule has 10 nitrogen and oxygen atoms in total. The highest BCUT2D eigenvalue weighted by atomic mass is 19.1. The van der Waals surface area contributed by atoms with E-state index in [1.165, 1.54) is 6.07 Å². The van der Waals surface area contributed by atoms with Gasteiger partial charge in [0.1, 0.15) is 23.4 Å². The van der Waals surface area contributed by atoms with Crippen molar-refractivity contribution < 1.29 is 37.5 Å². The van der Waals surface area contributed by atoms with Crippen molar-refractivity contribution in [3.63, 3.8) is 0 Å². The molecule has 42 heavy (non-hydrogen) atoms. The molecule has 2 aliphatic rings. The Bertz CT molecular complexity index is 1350. The smallest absolute Gasteiger partial charge is 0.309 e. The Kier molecular flexibility index (Phi) is 9.95. The highest BCUT2D eigenvalue weighted by molar-refractivity contribution is 6.01. The zero-order chi connectivity index (χ0) is 30.6. The summed E-state index contributed by atoms with van der Waals surface area (Å²) in [4.78, 5) is 67.3. The van der Waals surface area contributed by atoms with Crippen LogP contribution in [0.1, 0.15) is 69.8 Å². The average molecular weight is 589 g/mol. The molecule has 12 heteroatoms. The third kappa shape index (κ3) is 7.92. The molecule has 0 bridgehead atoms. The van der Waals surface area contributed by atoms with Gasteiger partial charge in [-0.2, -0.15) is 0 Å². The van der Waals surface area contributed by atoms with Gasteiger partial charge >= 0.3 is 5.97 Å². The van der Waals surface area contributed by atoms with Gasteiger partial charge in [0.15, 0.2) is 12.4 Å². The molecule has 1 aromatic heterocycles. The number of amides is 3.